The van der Waals surface area contributed by atoms with Crippen molar-refractivity contribution in [3.05, 3.63) is 71.0 Å². The second-order valence-electron chi connectivity index (χ2n) is 8.28. The number of hydrogen-bond donors (Lipinski definition) is 2. The van der Waals surface area contributed by atoms with E-state index >= 15 is 0 Å². The molecule has 4 aromatic rings. The van der Waals surface area contributed by atoms with E-state index in [9.17, 15) is 13.2 Å². The molecule has 200 valence electrons. The molecule has 2 heterocycles. The lowest BCUT2D eigenvalue weighted by molar-refractivity contribution is -0.117. The fourth-order valence-corrected chi connectivity index (χ4v) is 5.09. The summed E-state index contributed by atoms with van der Waals surface area (Å²) >= 11 is 5.58. The van der Waals surface area contributed by atoms with Crippen molar-refractivity contribution < 1.29 is 27.2 Å². The highest BCUT2D eigenvalue weighted by Crippen LogP contribution is 2.36. The van der Waals surface area contributed by atoms with Gasteiger partial charge in [-0.3, -0.25) is 14.2 Å². The van der Waals surface area contributed by atoms with Crippen molar-refractivity contribution >= 4 is 44.3 Å². The molecular weight excluding hydrogens is 534 g/mol. The number of methoxy groups -OCH3 is 2. The average molecular weight is 560 g/mol. The number of fused-ring (bicyclic) bond motifs is 1. The lowest BCUT2D eigenvalue weighted by Crippen LogP contribution is -2.22. The van der Waals surface area contributed by atoms with E-state index < -0.39 is 15.9 Å². The summed E-state index contributed by atoms with van der Waals surface area (Å²) in [5.41, 5.74) is 2.70. The number of amides is 1. The molecule has 2 aromatic heterocycles. The zero-order valence-corrected chi connectivity index (χ0v) is 22.5. The first-order chi connectivity index (χ1) is 18.1. The van der Waals surface area contributed by atoms with E-state index in [0.29, 0.717) is 29.7 Å². The maximum Gasteiger partial charge on any atom is 0.266 e. The Morgan fingerprint density at radius 3 is 2.58 bits per heavy atom. The van der Waals surface area contributed by atoms with Gasteiger partial charge in [0.05, 0.1) is 32.0 Å². The summed E-state index contributed by atoms with van der Waals surface area (Å²) < 4.78 is 47.0. The Bertz CT molecular complexity index is 1610. The zero-order chi connectivity index (χ0) is 27.4. The SMILES string of the molecule is C=C(Cl)C(=O)NCc1cnn(Cc2cc(OC)c3c(NS(=O)(=O)c4cc(CC)ccc4OC)noc3c2)c1. The van der Waals surface area contributed by atoms with Gasteiger partial charge >= 0.3 is 0 Å². The average Bonchev–Trinajstić information content (AvgIpc) is 3.52. The van der Waals surface area contributed by atoms with Crippen LogP contribution in [0.5, 0.6) is 11.5 Å². The van der Waals surface area contributed by atoms with Crippen LogP contribution < -0.4 is 19.5 Å². The second-order valence-corrected chi connectivity index (χ2v) is 10.4. The van der Waals surface area contributed by atoms with Gasteiger partial charge < -0.3 is 19.3 Å². The van der Waals surface area contributed by atoms with Gasteiger partial charge in [-0.1, -0.05) is 36.3 Å². The molecule has 2 aromatic carbocycles. The number of anilines is 1. The highest BCUT2D eigenvalue weighted by atomic mass is 35.5. The van der Waals surface area contributed by atoms with Crippen molar-refractivity contribution in [1.29, 1.82) is 0 Å². The molecule has 0 aliphatic heterocycles. The smallest absolute Gasteiger partial charge is 0.266 e. The van der Waals surface area contributed by atoms with E-state index in [0.717, 1.165) is 16.7 Å². The quantitative estimate of drug-likeness (QED) is 0.264. The maximum absolute atomic E-state index is 13.3. The Morgan fingerprint density at radius 1 is 1.13 bits per heavy atom. The van der Waals surface area contributed by atoms with Crippen molar-refractivity contribution in [2.45, 2.75) is 31.3 Å². The van der Waals surface area contributed by atoms with Crippen molar-refractivity contribution in [2.75, 3.05) is 18.9 Å². The summed E-state index contributed by atoms with van der Waals surface area (Å²) in [6.07, 6.45) is 4.05. The first kappa shape index (κ1) is 27.0. The molecule has 38 heavy (non-hydrogen) atoms. The van der Waals surface area contributed by atoms with Gasteiger partial charge in [0.15, 0.2) is 11.4 Å². The molecule has 0 radical (unpaired) electrons. The Labute approximate surface area is 224 Å². The van der Waals surface area contributed by atoms with E-state index in [-0.39, 0.29) is 28.0 Å². The number of aromatic nitrogens is 3. The number of ether oxygens (including phenoxy) is 2. The highest BCUT2D eigenvalue weighted by Gasteiger charge is 2.25. The Kier molecular flexibility index (Phi) is 7.93. The molecule has 0 saturated carbocycles. The van der Waals surface area contributed by atoms with Crippen molar-refractivity contribution in [3.63, 3.8) is 0 Å². The lowest BCUT2D eigenvalue weighted by Gasteiger charge is -2.12. The van der Waals surface area contributed by atoms with Gasteiger partial charge in [0.1, 0.15) is 21.8 Å². The molecule has 0 spiro atoms. The first-order valence-electron chi connectivity index (χ1n) is 11.4. The highest BCUT2D eigenvalue weighted by molar-refractivity contribution is 7.92. The third-order valence-electron chi connectivity index (χ3n) is 5.71. The van der Waals surface area contributed by atoms with Gasteiger partial charge in [-0.15, -0.1) is 0 Å². The van der Waals surface area contributed by atoms with E-state index in [2.05, 4.69) is 26.9 Å². The number of hydrogen-bond acceptors (Lipinski definition) is 8. The molecule has 4 rings (SSSR count). The molecule has 11 nitrogen and oxygen atoms in total. The second kappa shape index (κ2) is 11.2. The monoisotopic (exact) mass is 559 g/mol. The van der Waals surface area contributed by atoms with Crippen molar-refractivity contribution in [3.8, 4) is 11.5 Å². The summed E-state index contributed by atoms with van der Waals surface area (Å²) in [5, 5.41) is 11.2. The van der Waals surface area contributed by atoms with Crippen LogP contribution in [0.4, 0.5) is 5.82 Å². The number of sulfonamides is 1. The van der Waals surface area contributed by atoms with E-state index in [4.69, 9.17) is 25.6 Å². The Morgan fingerprint density at radius 2 is 1.89 bits per heavy atom. The molecule has 1 amide bonds. The molecular formula is C25H26ClN5O6S. The van der Waals surface area contributed by atoms with Crippen LogP contribution in [0.3, 0.4) is 0 Å². The molecule has 13 heteroatoms. The van der Waals surface area contributed by atoms with Gasteiger partial charge in [-0.2, -0.15) is 5.10 Å². The minimum atomic E-state index is -4.06. The number of halogens is 1. The Balaban J connectivity index is 1.59. The number of carbonyl (C=O) groups is 1. The Hall–Kier alpha value is -4.03. The molecule has 0 aliphatic rings. The van der Waals surface area contributed by atoms with Crippen molar-refractivity contribution in [2.24, 2.45) is 0 Å². The fourth-order valence-electron chi connectivity index (χ4n) is 3.79. The molecule has 0 bridgehead atoms. The summed E-state index contributed by atoms with van der Waals surface area (Å²) in [5.74, 6) is 0.113. The van der Waals surface area contributed by atoms with Gasteiger partial charge in [0.25, 0.3) is 15.9 Å². The molecule has 0 atom stereocenters. The van der Waals surface area contributed by atoms with E-state index in [1.54, 1.807) is 41.3 Å². The minimum absolute atomic E-state index is 0.00729. The maximum atomic E-state index is 13.3. The van der Waals surface area contributed by atoms with Crippen LogP contribution in [-0.2, 0) is 34.3 Å². The minimum Gasteiger partial charge on any atom is -0.496 e. The number of aryl methyl sites for hydroxylation is 1. The van der Waals surface area contributed by atoms with Crippen LogP contribution in [-0.4, -0.2) is 43.5 Å². The van der Waals surface area contributed by atoms with E-state index in [1.807, 2.05) is 13.0 Å². The van der Waals surface area contributed by atoms with Crippen molar-refractivity contribution in [1.82, 2.24) is 20.3 Å². The van der Waals surface area contributed by atoms with Crippen LogP contribution in [0.2, 0.25) is 0 Å². The lowest BCUT2D eigenvalue weighted by atomic mass is 10.1. The topological polar surface area (TPSA) is 138 Å². The van der Waals surface area contributed by atoms with Gasteiger partial charge in [-0.05, 0) is 41.8 Å². The zero-order valence-electron chi connectivity index (χ0n) is 20.9. The molecule has 2 N–H and O–H groups in total. The van der Waals surface area contributed by atoms with Crippen LogP contribution >= 0.6 is 11.6 Å². The summed E-state index contributed by atoms with van der Waals surface area (Å²) in [4.78, 5) is 11.6. The van der Waals surface area contributed by atoms with Crippen LogP contribution in [0.25, 0.3) is 11.0 Å². The predicted octanol–water partition coefficient (Wildman–Crippen LogP) is 3.82. The summed E-state index contributed by atoms with van der Waals surface area (Å²) in [6.45, 7) is 5.91. The first-order valence-corrected chi connectivity index (χ1v) is 13.3. The molecule has 0 aliphatic carbocycles. The van der Waals surface area contributed by atoms with Crippen LogP contribution in [0.15, 0.2) is 63.8 Å². The standard InChI is InChI=1S/C25H26ClN5O6S/c1-5-16-6-7-19(35-3)22(10-16)38(33,34)30-24-23-20(36-4)8-17(9-21(23)37-29-24)13-31-14-18(12-28-31)11-27-25(32)15(2)26/h6-10,12,14H,2,5,11,13H2,1,3-4H3,(H,27,32)(H,29,30). The number of nitrogens with zero attached hydrogens (tertiary/aromatic N) is 3. The normalized spacial score (nSPS) is 11.4. The largest absolute Gasteiger partial charge is 0.496 e. The van der Waals surface area contributed by atoms with Gasteiger partial charge in [-0.25, -0.2) is 8.42 Å². The third-order valence-corrected chi connectivity index (χ3v) is 7.24. The molecule has 0 unspecified atom stereocenters. The summed E-state index contributed by atoms with van der Waals surface area (Å²) in [6, 6.07) is 8.46. The van der Waals surface area contributed by atoms with Crippen LogP contribution in [0.1, 0.15) is 23.6 Å². The fraction of sp³-hybridized carbons (Fsp3) is 0.240. The summed E-state index contributed by atoms with van der Waals surface area (Å²) in [7, 11) is -1.18. The third kappa shape index (κ3) is 5.76. The van der Waals surface area contributed by atoms with Crippen LogP contribution in [0, 0.1) is 0 Å². The number of rotatable bonds is 11. The molecule has 0 fully saturated rings. The number of nitrogens with one attached hydrogen (secondary N) is 2. The number of carbonyl (C=O) groups excluding carboxylic acids is 1. The van der Waals surface area contributed by atoms with E-state index in [1.165, 1.54) is 14.2 Å². The predicted molar refractivity (Wildman–Crippen MR) is 142 cm³/mol. The van der Waals surface area contributed by atoms with Gasteiger partial charge in [0.2, 0.25) is 0 Å². The van der Waals surface area contributed by atoms with Gasteiger partial charge in [0, 0.05) is 18.3 Å². The number of benzene rings is 2. The molecule has 0 saturated heterocycles.